The van der Waals surface area contributed by atoms with E-state index in [0.717, 1.165) is 40.9 Å². The molecule has 4 rings (SSSR count). The van der Waals surface area contributed by atoms with Crippen LogP contribution in [0.1, 0.15) is 36.1 Å². The van der Waals surface area contributed by atoms with Crippen molar-refractivity contribution in [3.05, 3.63) is 59.3 Å². The van der Waals surface area contributed by atoms with Crippen molar-refractivity contribution in [1.82, 2.24) is 10.3 Å². The van der Waals surface area contributed by atoms with Gasteiger partial charge in [0, 0.05) is 47.6 Å². The van der Waals surface area contributed by atoms with Gasteiger partial charge in [-0.25, -0.2) is 8.42 Å². The molecule has 2 heterocycles. The second-order valence-electron chi connectivity index (χ2n) is 8.49. The topological polar surface area (TPSA) is 94.3 Å². The number of fused-ring (bicyclic) bond motifs is 1. The van der Waals surface area contributed by atoms with E-state index in [1.807, 2.05) is 44.2 Å². The molecular weight excluding hydrogens is 424 g/mol. The number of benzene rings is 2. The number of hydrogen-bond acceptors (Lipinski definition) is 4. The molecule has 32 heavy (non-hydrogen) atoms. The molecule has 1 saturated heterocycles. The van der Waals surface area contributed by atoms with E-state index >= 15 is 0 Å². The summed E-state index contributed by atoms with van der Waals surface area (Å²) in [4.78, 5) is 17.9. The Hall–Kier alpha value is -3.00. The lowest BCUT2D eigenvalue weighted by Gasteiger charge is -2.28. The van der Waals surface area contributed by atoms with Crippen LogP contribution in [0.15, 0.2) is 42.5 Å². The summed E-state index contributed by atoms with van der Waals surface area (Å²) in [7, 11) is -3.79. The number of nitrogens with zero attached hydrogens (tertiary/aromatic N) is 1. The van der Waals surface area contributed by atoms with Crippen LogP contribution >= 0.6 is 0 Å². The fourth-order valence-corrected chi connectivity index (χ4v) is 5.17. The van der Waals surface area contributed by atoms with Crippen molar-refractivity contribution < 1.29 is 13.2 Å². The van der Waals surface area contributed by atoms with Gasteiger partial charge >= 0.3 is 0 Å². The zero-order valence-corrected chi connectivity index (χ0v) is 19.4. The first-order valence-electron chi connectivity index (χ1n) is 11.0. The number of aryl methyl sites for hydroxylation is 2. The van der Waals surface area contributed by atoms with Crippen molar-refractivity contribution in [3.8, 4) is 0 Å². The molecule has 7 nitrogen and oxygen atoms in total. The van der Waals surface area contributed by atoms with Gasteiger partial charge in [-0.3, -0.25) is 9.52 Å². The smallest absolute Gasteiger partial charge is 0.241 e. The monoisotopic (exact) mass is 454 g/mol. The van der Waals surface area contributed by atoms with Crippen molar-refractivity contribution in [2.24, 2.45) is 0 Å². The standard InChI is InChI=1S/C24H30N4O3S/c1-17-18(2)26-23-11-6-19(14-22(17)23)15-25-24(29)16-32(30,31)27-20-7-9-21(10-8-20)28-12-4-3-5-13-28/h6-11,14,26-27H,3-5,12-13,15-16H2,1-2H3,(H,25,29). The number of piperidine rings is 1. The lowest BCUT2D eigenvalue weighted by Crippen LogP contribution is -2.32. The number of carbonyl (C=O) groups is 1. The zero-order chi connectivity index (χ0) is 22.7. The maximum absolute atomic E-state index is 12.4. The molecule has 170 valence electrons. The van der Waals surface area contributed by atoms with Crippen LogP contribution in [0, 0.1) is 13.8 Å². The first kappa shape index (κ1) is 22.2. The molecule has 1 aromatic heterocycles. The van der Waals surface area contributed by atoms with Crippen molar-refractivity contribution in [2.45, 2.75) is 39.7 Å². The zero-order valence-electron chi connectivity index (χ0n) is 18.6. The third-order valence-electron chi connectivity index (χ3n) is 6.05. The molecule has 0 radical (unpaired) electrons. The van der Waals surface area contributed by atoms with Gasteiger partial charge in [-0.05, 0) is 80.6 Å². The number of aromatic nitrogens is 1. The summed E-state index contributed by atoms with van der Waals surface area (Å²) in [6.07, 6.45) is 3.63. The molecule has 1 aliphatic rings. The molecule has 3 N–H and O–H groups in total. The maximum Gasteiger partial charge on any atom is 0.241 e. The Labute approximate surface area is 189 Å². The Morgan fingerprint density at radius 3 is 2.47 bits per heavy atom. The van der Waals surface area contributed by atoms with Crippen LogP contribution in [0.2, 0.25) is 0 Å². The number of sulfonamides is 1. The average Bonchev–Trinajstić information content (AvgIpc) is 3.06. The molecule has 0 unspecified atom stereocenters. The summed E-state index contributed by atoms with van der Waals surface area (Å²) in [5, 5.41) is 3.82. The summed E-state index contributed by atoms with van der Waals surface area (Å²) >= 11 is 0. The second-order valence-corrected chi connectivity index (χ2v) is 10.2. The molecule has 0 saturated carbocycles. The number of carbonyl (C=O) groups excluding carboxylic acids is 1. The van der Waals surface area contributed by atoms with Crippen LogP contribution in [0.4, 0.5) is 11.4 Å². The Balaban J connectivity index is 1.32. The van der Waals surface area contributed by atoms with Crippen molar-refractivity contribution >= 4 is 38.2 Å². The van der Waals surface area contributed by atoms with Crippen molar-refractivity contribution in [1.29, 1.82) is 0 Å². The largest absolute Gasteiger partial charge is 0.372 e. The second kappa shape index (κ2) is 9.24. The van der Waals surface area contributed by atoms with Crippen LogP contribution in [-0.2, 0) is 21.4 Å². The minimum atomic E-state index is -3.79. The highest BCUT2D eigenvalue weighted by molar-refractivity contribution is 7.93. The molecule has 1 aliphatic heterocycles. The van der Waals surface area contributed by atoms with E-state index in [-0.39, 0.29) is 6.54 Å². The molecule has 0 bridgehead atoms. The third kappa shape index (κ3) is 5.24. The van der Waals surface area contributed by atoms with Gasteiger partial charge in [0.1, 0.15) is 5.75 Å². The lowest BCUT2D eigenvalue weighted by molar-refractivity contribution is -0.118. The van der Waals surface area contributed by atoms with Gasteiger partial charge in [-0.1, -0.05) is 6.07 Å². The summed E-state index contributed by atoms with van der Waals surface area (Å²) in [5.41, 5.74) is 5.81. The van der Waals surface area contributed by atoms with Crippen LogP contribution < -0.4 is 14.9 Å². The van der Waals surface area contributed by atoms with Crippen LogP contribution in [0.5, 0.6) is 0 Å². The summed E-state index contributed by atoms with van der Waals surface area (Å²) < 4.78 is 27.4. The number of rotatable bonds is 7. The molecule has 1 amide bonds. The van der Waals surface area contributed by atoms with E-state index in [9.17, 15) is 13.2 Å². The maximum atomic E-state index is 12.4. The minimum absolute atomic E-state index is 0.276. The van der Waals surface area contributed by atoms with Gasteiger partial charge in [0.2, 0.25) is 15.9 Å². The Bertz CT molecular complexity index is 1210. The number of anilines is 2. The summed E-state index contributed by atoms with van der Waals surface area (Å²) in [6, 6.07) is 13.3. The van der Waals surface area contributed by atoms with E-state index in [0.29, 0.717) is 5.69 Å². The highest BCUT2D eigenvalue weighted by atomic mass is 32.2. The SMILES string of the molecule is Cc1[nH]c2ccc(CNC(=O)CS(=O)(=O)Nc3ccc(N4CCCCC4)cc3)cc2c1C. The number of H-pyrrole nitrogens is 1. The first-order chi connectivity index (χ1) is 15.3. The fraction of sp³-hybridized carbons (Fsp3) is 0.375. The number of aromatic amines is 1. The van der Waals surface area contributed by atoms with Gasteiger partial charge < -0.3 is 15.2 Å². The number of hydrogen-bond donors (Lipinski definition) is 3. The molecule has 8 heteroatoms. The van der Waals surface area contributed by atoms with Crippen molar-refractivity contribution in [3.63, 3.8) is 0 Å². The Morgan fingerprint density at radius 1 is 1.03 bits per heavy atom. The molecule has 3 aromatic rings. The van der Waals surface area contributed by atoms with E-state index in [1.165, 1.54) is 24.8 Å². The summed E-state index contributed by atoms with van der Waals surface area (Å²) in [5.74, 6) is -1.16. The molecule has 2 aromatic carbocycles. The normalized spacial score (nSPS) is 14.5. The van der Waals surface area contributed by atoms with Crippen molar-refractivity contribution in [2.75, 3.05) is 28.5 Å². The van der Waals surface area contributed by atoms with Gasteiger partial charge in [0.15, 0.2) is 0 Å². The molecule has 1 fully saturated rings. The highest BCUT2D eigenvalue weighted by Gasteiger charge is 2.17. The van der Waals surface area contributed by atoms with Gasteiger partial charge in [0.25, 0.3) is 0 Å². The predicted octanol–water partition coefficient (Wildman–Crippen LogP) is 3.83. The quantitative estimate of drug-likeness (QED) is 0.506. The molecule has 0 aliphatic carbocycles. The van der Waals surface area contributed by atoms with E-state index in [1.54, 1.807) is 12.1 Å². The Morgan fingerprint density at radius 2 is 1.75 bits per heavy atom. The molecule has 0 atom stereocenters. The fourth-order valence-electron chi connectivity index (χ4n) is 4.15. The Kier molecular flexibility index (Phi) is 6.41. The average molecular weight is 455 g/mol. The summed E-state index contributed by atoms with van der Waals surface area (Å²) in [6.45, 7) is 6.41. The third-order valence-corrected chi connectivity index (χ3v) is 7.23. The predicted molar refractivity (Wildman–Crippen MR) is 130 cm³/mol. The minimum Gasteiger partial charge on any atom is -0.372 e. The van der Waals surface area contributed by atoms with Crippen LogP contribution in [0.3, 0.4) is 0 Å². The van der Waals surface area contributed by atoms with Gasteiger partial charge in [-0.2, -0.15) is 0 Å². The molecular formula is C24H30N4O3S. The van der Waals surface area contributed by atoms with Gasteiger partial charge in [0.05, 0.1) is 0 Å². The lowest BCUT2D eigenvalue weighted by atomic mass is 10.1. The number of amides is 1. The van der Waals surface area contributed by atoms with Crippen LogP contribution in [-0.4, -0.2) is 38.2 Å². The van der Waals surface area contributed by atoms with E-state index < -0.39 is 21.7 Å². The number of nitrogens with one attached hydrogen (secondary N) is 3. The van der Waals surface area contributed by atoms with E-state index in [2.05, 4.69) is 19.9 Å². The highest BCUT2D eigenvalue weighted by Crippen LogP contribution is 2.23. The first-order valence-corrected chi connectivity index (χ1v) is 12.7. The van der Waals surface area contributed by atoms with Crippen LogP contribution in [0.25, 0.3) is 10.9 Å². The van der Waals surface area contributed by atoms with E-state index in [4.69, 9.17) is 0 Å². The van der Waals surface area contributed by atoms with Gasteiger partial charge in [-0.15, -0.1) is 0 Å². The molecule has 0 spiro atoms.